The van der Waals surface area contributed by atoms with Crippen molar-refractivity contribution in [2.75, 3.05) is 19.8 Å². The lowest BCUT2D eigenvalue weighted by Gasteiger charge is -2.40. The number of rotatable bonds is 35. The molecule has 53 heavy (non-hydrogen) atoms. The molecule has 9 heteroatoms. The Morgan fingerprint density at radius 3 is 1.64 bits per heavy atom. The zero-order chi connectivity index (χ0) is 38.8. The first-order chi connectivity index (χ1) is 25.8. The molecule has 0 radical (unpaired) electrons. The van der Waals surface area contributed by atoms with Crippen molar-refractivity contribution in [2.45, 2.75) is 218 Å². The zero-order valence-electron chi connectivity index (χ0n) is 34.1. The fourth-order valence-corrected chi connectivity index (χ4v) is 6.60. The average Bonchev–Trinajstić information content (AvgIpc) is 3.15. The maximum absolute atomic E-state index is 12.8. The number of hydrogen-bond acceptors (Lipinski definition) is 9. The summed E-state index contributed by atoms with van der Waals surface area (Å²) in [5.41, 5.74) is 0. The smallest absolute Gasteiger partial charge is 0.306 e. The molecule has 0 aliphatic carbocycles. The van der Waals surface area contributed by atoms with Gasteiger partial charge >= 0.3 is 11.9 Å². The molecule has 0 saturated carbocycles. The van der Waals surface area contributed by atoms with Crippen LogP contribution in [0, 0.1) is 5.92 Å². The van der Waals surface area contributed by atoms with Gasteiger partial charge in [-0.15, -0.1) is 0 Å². The molecular weight excluding hydrogens is 672 g/mol. The fourth-order valence-electron chi connectivity index (χ4n) is 6.60. The SMILES string of the molecule is CCCCC/C=C\C/C=C\CCCCCCCC(=O)OC(COC(=O)CCCCCCCCCCCCCCC)COC1OC(CO)C(C)C(O)C1O. The van der Waals surface area contributed by atoms with Gasteiger partial charge in [-0.2, -0.15) is 0 Å². The van der Waals surface area contributed by atoms with Crippen LogP contribution in [-0.2, 0) is 28.5 Å². The van der Waals surface area contributed by atoms with Crippen molar-refractivity contribution in [2.24, 2.45) is 5.92 Å². The minimum atomic E-state index is -1.34. The van der Waals surface area contributed by atoms with Gasteiger partial charge in [-0.3, -0.25) is 9.59 Å². The van der Waals surface area contributed by atoms with Crippen molar-refractivity contribution in [1.82, 2.24) is 0 Å². The quantitative estimate of drug-likeness (QED) is 0.0329. The van der Waals surface area contributed by atoms with E-state index in [1.54, 1.807) is 6.92 Å². The molecule has 1 heterocycles. The van der Waals surface area contributed by atoms with E-state index in [1.165, 1.54) is 89.9 Å². The largest absolute Gasteiger partial charge is 0.462 e. The second-order valence-corrected chi connectivity index (χ2v) is 15.2. The lowest BCUT2D eigenvalue weighted by Crippen LogP contribution is -2.55. The Morgan fingerprint density at radius 1 is 0.623 bits per heavy atom. The third-order valence-electron chi connectivity index (χ3n) is 10.2. The number of aliphatic hydroxyl groups is 3. The van der Waals surface area contributed by atoms with Crippen LogP contribution >= 0.6 is 0 Å². The Kier molecular flexibility index (Phi) is 32.2. The predicted molar refractivity (Wildman–Crippen MR) is 213 cm³/mol. The lowest BCUT2D eigenvalue weighted by atomic mass is 9.91. The topological polar surface area (TPSA) is 132 Å². The van der Waals surface area contributed by atoms with Gasteiger partial charge in [-0.05, 0) is 44.9 Å². The Labute approximate surface area is 323 Å². The van der Waals surface area contributed by atoms with Crippen molar-refractivity contribution in [3.63, 3.8) is 0 Å². The molecule has 1 aliphatic rings. The van der Waals surface area contributed by atoms with E-state index in [9.17, 15) is 24.9 Å². The van der Waals surface area contributed by atoms with Crippen LogP contribution in [0.1, 0.15) is 188 Å². The summed E-state index contributed by atoms with van der Waals surface area (Å²) < 4.78 is 22.6. The van der Waals surface area contributed by atoms with Crippen LogP contribution in [0.15, 0.2) is 24.3 Å². The van der Waals surface area contributed by atoms with Gasteiger partial charge in [0.25, 0.3) is 0 Å². The van der Waals surface area contributed by atoms with Crippen LogP contribution in [-0.4, -0.2) is 77.8 Å². The molecule has 0 bridgehead atoms. The van der Waals surface area contributed by atoms with Gasteiger partial charge in [0.1, 0.15) is 12.7 Å². The summed E-state index contributed by atoms with van der Waals surface area (Å²) in [6.45, 7) is 5.45. The Balaban J connectivity index is 2.36. The van der Waals surface area contributed by atoms with Crippen LogP contribution in [0.25, 0.3) is 0 Å². The first kappa shape index (κ1) is 49.2. The van der Waals surface area contributed by atoms with E-state index in [2.05, 4.69) is 38.2 Å². The van der Waals surface area contributed by atoms with E-state index >= 15 is 0 Å². The van der Waals surface area contributed by atoms with E-state index in [1.807, 2.05) is 0 Å². The van der Waals surface area contributed by atoms with Crippen LogP contribution in [0.3, 0.4) is 0 Å². The molecular formula is C44H80O9. The maximum Gasteiger partial charge on any atom is 0.306 e. The third kappa shape index (κ3) is 26.6. The minimum absolute atomic E-state index is 0.170. The Hall–Kier alpha value is -1.78. The molecule has 9 nitrogen and oxygen atoms in total. The first-order valence-electron chi connectivity index (χ1n) is 21.7. The second kappa shape index (κ2) is 34.7. The van der Waals surface area contributed by atoms with Crippen molar-refractivity contribution in [1.29, 1.82) is 0 Å². The summed E-state index contributed by atoms with van der Waals surface area (Å²) in [5, 5.41) is 30.6. The molecule has 0 aromatic heterocycles. The number of carbonyl (C=O) groups excluding carboxylic acids is 2. The molecule has 0 spiro atoms. The van der Waals surface area contributed by atoms with E-state index < -0.39 is 42.6 Å². The van der Waals surface area contributed by atoms with E-state index in [0.717, 1.165) is 57.8 Å². The number of aliphatic hydroxyl groups excluding tert-OH is 3. The summed E-state index contributed by atoms with van der Waals surface area (Å²) >= 11 is 0. The first-order valence-corrected chi connectivity index (χ1v) is 21.7. The monoisotopic (exact) mass is 753 g/mol. The summed E-state index contributed by atoms with van der Waals surface area (Å²) in [7, 11) is 0. The average molecular weight is 753 g/mol. The number of ether oxygens (including phenoxy) is 4. The normalized spacial score (nSPS) is 21.1. The summed E-state index contributed by atoms with van der Waals surface area (Å²) in [4.78, 5) is 25.3. The number of unbranched alkanes of at least 4 members (excludes halogenated alkanes) is 20. The van der Waals surface area contributed by atoms with Gasteiger partial charge in [0.2, 0.25) is 0 Å². The zero-order valence-corrected chi connectivity index (χ0v) is 34.1. The van der Waals surface area contributed by atoms with Gasteiger partial charge in [0.05, 0.1) is 25.4 Å². The highest BCUT2D eigenvalue weighted by Crippen LogP contribution is 2.27. The number of carbonyl (C=O) groups is 2. The molecule has 0 amide bonds. The highest BCUT2D eigenvalue weighted by Gasteiger charge is 2.42. The molecule has 0 aromatic rings. The number of hydrogen-bond donors (Lipinski definition) is 3. The highest BCUT2D eigenvalue weighted by molar-refractivity contribution is 5.70. The Morgan fingerprint density at radius 2 is 1.09 bits per heavy atom. The van der Waals surface area contributed by atoms with Crippen LogP contribution in [0.2, 0.25) is 0 Å². The molecule has 6 unspecified atom stereocenters. The summed E-state index contributed by atoms with van der Waals surface area (Å²) in [6, 6.07) is 0. The summed E-state index contributed by atoms with van der Waals surface area (Å²) in [6.07, 6.45) is 32.2. The predicted octanol–water partition coefficient (Wildman–Crippen LogP) is 9.83. The van der Waals surface area contributed by atoms with Gasteiger partial charge in [-0.1, -0.05) is 154 Å². The molecule has 1 rings (SSSR count). The third-order valence-corrected chi connectivity index (χ3v) is 10.2. The highest BCUT2D eigenvalue weighted by atomic mass is 16.7. The van der Waals surface area contributed by atoms with E-state index in [4.69, 9.17) is 18.9 Å². The van der Waals surface area contributed by atoms with Gasteiger partial charge < -0.3 is 34.3 Å². The number of allylic oxidation sites excluding steroid dienone is 4. The maximum atomic E-state index is 12.8. The van der Waals surface area contributed by atoms with Crippen molar-refractivity contribution in [3.8, 4) is 0 Å². The lowest BCUT2D eigenvalue weighted by molar-refractivity contribution is -0.293. The van der Waals surface area contributed by atoms with Crippen LogP contribution < -0.4 is 0 Å². The standard InChI is InChI=1S/C44H80O9/c1-4-6-8-10-12-14-16-18-19-21-23-25-27-29-31-33-41(47)52-38(36-51-44-43(49)42(48)37(3)39(34-45)53-44)35-50-40(46)32-30-28-26-24-22-20-17-15-13-11-9-7-5-2/h12,14,18-19,37-39,42-45,48-49H,4-11,13,15-17,20-36H2,1-3H3/b14-12-,19-18-. The fraction of sp³-hybridized carbons (Fsp3) is 0.864. The minimum Gasteiger partial charge on any atom is -0.462 e. The molecule has 6 atom stereocenters. The van der Waals surface area contributed by atoms with Crippen LogP contribution in [0.5, 0.6) is 0 Å². The molecule has 1 aliphatic heterocycles. The van der Waals surface area contributed by atoms with Crippen molar-refractivity contribution < 1.29 is 43.9 Å². The molecule has 1 fully saturated rings. The Bertz CT molecular complexity index is 921. The van der Waals surface area contributed by atoms with Gasteiger partial charge in [0, 0.05) is 18.8 Å². The van der Waals surface area contributed by atoms with Crippen LogP contribution in [0.4, 0.5) is 0 Å². The molecule has 0 aromatic carbocycles. The second-order valence-electron chi connectivity index (χ2n) is 15.2. The summed E-state index contributed by atoms with van der Waals surface area (Å²) in [5.74, 6) is -1.23. The van der Waals surface area contributed by atoms with Gasteiger partial charge in [-0.25, -0.2) is 0 Å². The van der Waals surface area contributed by atoms with E-state index in [-0.39, 0.29) is 32.2 Å². The van der Waals surface area contributed by atoms with Crippen molar-refractivity contribution in [3.05, 3.63) is 24.3 Å². The molecule has 1 saturated heterocycles. The van der Waals surface area contributed by atoms with E-state index in [0.29, 0.717) is 12.8 Å². The molecule has 310 valence electrons. The molecule has 3 N–H and O–H groups in total. The van der Waals surface area contributed by atoms with Crippen molar-refractivity contribution >= 4 is 11.9 Å². The van der Waals surface area contributed by atoms with Gasteiger partial charge in [0.15, 0.2) is 12.4 Å². The number of esters is 2.